The lowest BCUT2D eigenvalue weighted by molar-refractivity contribution is 0.817. The third-order valence-corrected chi connectivity index (χ3v) is 4.26. The highest BCUT2D eigenvalue weighted by atomic mass is 35.5. The van der Waals surface area contributed by atoms with E-state index in [9.17, 15) is 5.26 Å². The number of nitrogens with zero attached hydrogens (tertiary/aromatic N) is 4. The third kappa shape index (κ3) is 2.92. The van der Waals surface area contributed by atoms with Gasteiger partial charge in [0, 0.05) is 6.20 Å². The number of aromatic nitrogens is 3. The number of hydrogen-bond donors (Lipinski definition) is 0. The SMILES string of the molecule is CCc1nnc(Sc2ncccc2Cl)c(C#N)c1CC. The Hall–Kier alpha value is -1.64. The molecule has 0 bridgehead atoms. The molecule has 0 saturated carbocycles. The molecule has 0 atom stereocenters. The smallest absolute Gasteiger partial charge is 0.143 e. The van der Waals surface area contributed by atoms with Crippen molar-refractivity contribution in [2.24, 2.45) is 0 Å². The number of hydrogen-bond acceptors (Lipinski definition) is 5. The highest BCUT2D eigenvalue weighted by Crippen LogP contribution is 2.33. The van der Waals surface area contributed by atoms with Crippen molar-refractivity contribution < 1.29 is 0 Å². The van der Waals surface area contributed by atoms with E-state index < -0.39 is 0 Å². The topological polar surface area (TPSA) is 62.5 Å². The van der Waals surface area contributed by atoms with E-state index in [0.717, 1.165) is 24.1 Å². The van der Waals surface area contributed by atoms with Crippen LogP contribution < -0.4 is 0 Å². The Labute approximate surface area is 127 Å². The summed E-state index contributed by atoms with van der Waals surface area (Å²) in [4.78, 5) is 4.20. The van der Waals surface area contributed by atoms with Crippen molar-refractivity contribution in [2.45, 2.75) is 36.7 Å². The minimum atomic E-state index is 0.542. The maximum Gasteiger partial charge on any atom is 0.143 e. The predicted octanol–water partition coefficient (Wildman–Crippen LogP) is 3.67. The minimum Gasteiger partial charge on any atom is -0.248 e. The van der Waals surface area contributed by atoms with Crippen molar-refractivity contribution in [1.29, 1.82) is 5.26 Å². The predicted molar refractivity (Wildman–Crippen MR) is 78.9 cm³/mol. The molecule has 0 fully saturated rings. The molecule has 0 amide bonds. The van der Waals surface area contributed by atoms with E-state index in [4.69, 9.17) is 11.6 Å². The first kappa shape index (κ1) is 14.8. The molecule has 0 unspecified atom stereocenters. The standard InChI is InChI=1S/C14H13ClN4S/c1-3-9-10(8-16)13(19-18-12(9)4-2)20-14-11(15)6-5-7-17-14/h5-7H,3-4H2,1-2H3. The number of rotatable bonds is 4. The van der Waals surface area contributed by atoms with E-state index in [1.165, 1.54) is 11.8 Å². The van der Waals surface area contributed by atoms with Gasteiger partial charge in [-0.15, -0.1) is 5.10 Å². The summed E-state index contributed by atoms with van der Waals surface area (Å²) in [5.74, 6) is 0. The van der Waals surface area contributed by atoms with Crippen LogP contribution >= 0.6 is 23.4 Å². The van der Waals surface area contributed by atoms with Gasteiger partial charge >= 0.3 is 0 Å². The van der Waals surface area contributed by atoms with E-state index in [0.29, 0.717) is 20.6 Å². The number of nitriles is 1. The summed E-state index contributed by atoms with van der Waals surface area (Å²) in [5, 5.41) is 19.5. The van der Waals surface area contributed by atoms with E-state index in [1.54, 1.807) is 18.3 Å². The van der Waals surface area contributed by atoms with Crippen LogP contribution in [-0.4, -0.2) is 15.2 Å². The summed E-state index contributed by atoms with van der Waals surface area (Å²) in [7, 11) is 0. The average molecular weight is 305 g/mol. The number of pyridine rings is 1. The molecule has 0 aromatic carbocycles. The average Bonchev–Trinajstić information content (AvgIpc) is 2.48. The monoisotopic (exact) mass is 304 g/mol. The second-order valence-electron chi connectivity index (χ2n) is 4.02. The Morgan fingerprint density at radius 2 is 2.05 bits per heavy atom. The molecular formula is C14H13ClN4S. The summed E-state index contributed by atoms with van der Waals surface area (Å²) in [6.07, 6.45) is 3.18. The lowest BCUT2D eigenvalue weighted by Crippen LogP contribution is -2.04. The van der Waals surface area contributed by atoms with Gasteiger partial charge in [0.1, 0.15) is 16.1 Å². The van der Waals surface area contributed by atoms with Crippen LogP contribution in [0, 0.1) is 11.3 Å². The highest BCUT2D eigenvalue weighted by Gasteiger charge is 2.16. The molecular weight excluding hydrogens is 292 g/mol. The zero-order chi connectivity index (χ0) is 14.5. The summed E-state index contributed by atoms with van der Waals surface area (Å²) < 4.78 is 0. The van der Waals surface area contributed by atoms with Crippen LogP contribution in [-0.2, 0) is 12.8 Å². The van der Waals surface area contributed by atoms with Crippen molar-refractivity contribution in [1.82, 2.24) is 15.2 Å². The van der Waals surface area contributed by atoms with Crippen molar-refractivity contribution in [3.8, 4) is 6.07 Å². The molecule has 2 aromatic heterocycles. The second-order valence-corrected chi connectivity index (χ2v) is 5.40. The Morgan fingerprint density at radius 1 is 1.25 bits per heavy atom. The molecule has 0 spiro atoms. The zero-order valence-corrected chi connectivity index (χ0v) is 12.8. The van der Waals surface area contributed by atoms with Crippen molar-refractivity contribution in [2.75, 3.05) is 0 Å². The van der Waals surface area contributed by atoms with E-state index in [-0.39, 0.29) is 0 Å². The van der Waals surface area contributed by atoms with Gasteiger partial charge in [-0.2, -0.15) is 10.4 Å². The molecule has 2 heterocycles. The van der Waals surface area contributed by atoms with Crippen LogP contribution in [0.15, 0.2) is 28.4 Å². The fraction of sp³-hybridized carbons (Fsp3) is 0.286. The van der Waals surface area contributed by atoms with Crippen LogP contribution in [0.3, 0.4) is 0 Å². The summed E-state index contributed by atoms with van der Waals surface area (Å²) in [5.41, 5.74) is 2.41. The van der Waals surface area contributed by atoms with Gasteiger partial charge in [-0.1, -0.05) is 25.4 Å². The largest absolute Gasteiger partial charge is 0.248 e. The molecule has 102 valence electrons. The molecule has 0 N–H and O–H groups in total. The summed E-state index contributed by atoms with van der Waals surface area (Å²) >= 11 is 7.36. The fourth-order valence-corrected chi connectivity index (χ4v) is 2.93. The molecule has 4 nitrogen and oxygen atoms in total. The molecule has 6 heteroatoms. The van der Waals surface area contributed by atoms with E-state index in [1.807, 2.05) is 13.8 Å². The maximum atomic E-state index is 9.41. The van der Waals surface area contributed by atoms with Crippen LogP contribution in [0.5, 0.6) is 0 Å². The minimum absolute atomic E-state index is 0.542. The Kier molecular flexibility index (Phi) is 4.94. The molecule has 0 aliphatic carbocycles. The maximum absolute atomic E-state index is 9.41. The van der Waals surface area contributed by atoms with E-state index >= 15 is 0 Å². The molecule has 0 aliphatic rings. The van der Waals surface area contributed by atoms with Gasteiger partial charge in [0.05, 0.1) is 16.3 Å². The zero-order valence-electron chi connectivity index (χ0n) is 11.2. The molecule has 0 aliphatic heterocycles. The van der Waals surface area contributed by atoms with Crippen LogP contribution in [0.4, 0.5) is 0 Å². The lowest BCUT2D eigenvalue weighted by atomic mass is 10.1. The summed E-state index contributed by atoms with van der Waals surface area (Å²) in [6.45, 7) is 4.02. The first-order chi connectivity index (χ1) is 9.71. The Balaban J connectivity index is 2.48. The third-order valence-electron chi connectivity index (χ3n) is 2.84. The summed E-state index contributed by atoms with van der Waals surface area (Å²) in [6, 6.07) is 5.76. The van der Waals surface area contributed by atoms with Gasteiger partial charge in [0.15, 0.2) is 0 Å². The Morgan fingerprint density at radius 3 is 2.65 bits per heavy atom. The van der Waals surface area contributed by atoms with Gasteiger partial charge in [-0.3, -0.25) is 0 Å². The van der Waals surface area contributed by atoms with Crippen LogP contribution in [0.2, 0.25) is 5.02 Å². The number of aryl methyl sites for hydroxylation is 1. The second kappa shape index (κ2) is 6.69. The van der Waals surface area contributed by atoms with Gasteiger partial charge in [0.2, 0.25) is 0 Å². The van der Waals surface area contributed by atoms with Crippen LogP contribution in [0.25, 0.3) is 0 Å². The molecule has 0 saturated heterocycles. The van der Waals surface area contributed by atoms with E-state index in [2.05, 4.69) is 21.3 Å². The molecule has 2 rings (SSSR count). The fourth-order valence-electron chi connectivity index (χ4n) is 1.88. The van der Waals surface area contributed by atoms with Gasteiger partial charge < -0.3 is 0 Å². The molecule has 20 heavy (non-hydrogen) atoms. The molecule has 2 aromatic rings. The number of halogens is 1. The van der Waals surface area contributed by atoms with Crippen molar-refractivity contribution >= 4 is 23.4 Å². The molecule has 0 radical (unpaired) electrons. The highest BCUT2D eigenvalue weighted by molar-refractivity contribution is 7.99. The first-order valence-electron chi connectivity index (χ1n) is 6.28. The first-order valence-corrected chi connectivity index (χ1v) is 7.47. The lowest BCUT2D eigenvalue weighted by Gasteiger charge is -2.09. The van der Waals surface area contributed by atoms with Gasteiger partial charge in [0.25, 0.3) is 0 Å². The quantitative estimate of drug-likeness (QED) is 0.862. The van der Waals surface area contributed by atoms with Gasteiger partial charge in [-0.05, 0) is 42.3 Å². The van der Waals surface area contributed by atoms with Crippen LogP contribution in [0.1, 0.15) is 30.7 Å². The normalized spacial score (nSPS) is 10.3. The Bertz CT molecular complexity index is 667. The van der Waals surface area contributed by atoms with Crippen molar-refractivity contribution in [3.05, 3.63) is 40.2 Å². The van der Waals surface area contributed by atoms with Gasteiger partial charge in [-0.25, -0.2) is 4.98 Å². The van der Waals surface area contributed by atoms with Crippen molar-refractivity contribution in [3.63, 3.8) is 0 Å².